The number of nitrogens with one attached hydrogen (secondary N) is 3. The Kier molecular flexibility index (Phi) is 14.4. The molecule has 14 heteroatoms. The van der Waals surface area contributed by atoms with Gasteiger partial charge in [-0.05, 0) is 68.5 Å². The van der Waals surface area contributed by atoms with Crippen LogP contribution in [0.15, 0.2) is 55.9 Å². The lowest BCUT2D eigenvalue weighted by atomic mass is 9.94. The monoisotopic (exact) mass is 598 g/mol. The van der Waals surface area contributed by atoms with E-state index in [1.807, 2.05) is 11.1 Å². The summed E-state index contributed by atoms with van der Waals surface area (Å²) in [6.45, 7) is 0. The zero-order valence-electron chi connectivity index (χ0n) is 22.3. The average Bonchev–Trinajstić information content (AvgIpc) is 2.87. The summed E-state index contributed by atoms with van der Waals surface area (Å²) < 4.78 is 30.6. The number of halogens is 3. The van der Waals surface area contributed by atoms with Crippen LogP contribution in [0.4, 0.5) is 13.6 Å². The molecule has 11 nitrogen and oxygen atoms in total. The maximum Gasteiger partial charge on any atom is 0.422 e. The van der Waals surface area contributed by atoms with Gasteiger partial charge in [-0.2, -0.15) is 8.78 Å². The lowest BCUT2D eigenvalue weighted by Gasteiger charge is -2.16. The van der Waals surface area contributed by atoms with Gasteiger partial charge >= 0.3 is 17.5 Å². The Morgan fingerprint density at radius 2 is 1.51 bits per heavy atom. The van der Waals surface area contributed by atoms with Crippen molar-refractivity contribution in [1.82, 2.24) is 19.5 Å². The summed E-state index contributed by atoms with van der Waals surface area (Å²) in [5.41, 5.74) is -3.89. The van der Waals surface area contributed by atoms with Crippen LogP contribution >= 0.6 is 11.6 Å². The number of aromatic amines is 3. The normalized spacial score (nSPS) is 20.2. The second kappa shape index (κ2) is 17.7. The molecule has 0 aromatic carbocycles. The first-order chi connectivity index (χ1) is 19.6. The zero-order valence-corrected chi connectivity index (χ0v) is 23.1. The van der Waals surface area contributed by atoms with Crippen LogP contribution in [-0.4, -0.2) is 37.0 Å². The molecule has 41 heavy (non-hydrogen) atoms. The highest BCUT2D eigenvalue weighted by molar-refractivity contribution is 6.63. The number of ether oxygens (including phenoxy) is 1. The Morgan fingerprint density at radius 1 is 0.878 bits per heavy atom. The van der Waals surface area contributed by atoms with E-state index in [-0.39, 0.29) is 5.24 Å². The minimum Gasteiger partial charge on any atom is -0.441 e. The van der Waals surface area contributed by atoms with Crippen molar-refractivity contribution in [2.75, 3.05) is 0 Å². The molecule has 0 saturated heterocycles. The van der Waals surface area contributed by atoms with Crippen molar-refractivity contribution in [3.05, 3.63) is 90.0 Å². The van der Waals surface area contributed by atoms with Gasteiger partial charge in [0.25, 0.3) is 11.1 Å². The average molecular weight is 599 g/mol. The van der Waals surface area contributed by atoms with Crippen molar-refractivity contribution < 1.29 is 23.1 Å². The summed E-state index contributed by atoms with van der Waals surface area (Å²) >= 11 is 5.33. The molecule has 4 rings (SSSR count). The predicted octanol–water partition coefficient (Wildman–Crippen LogP) is 4.03. The van der Waals surface area contributed by atoms with Gasteiger partial charge in [0.1, 0.15) is 6.10 Å². The summed E-state index contributed by atoms with van der Waals surface area (Å²) in [7, 11) is 0. The second-order valence-electron chi connectivity index (χ2n) is 9.40. The van der Waals surface area contributed by atoms with Gasteiger partial charge in [0.05, 0.1) is 6.20 Å². The van der Waals surface area contributed by atoms with Crippen molar-refractivity contribution in [3.8, 4) is 0 Å². The van der Waals surface area contributed by atoms with Crippen LogP contribution in [0.5, 0.6) is 0 Å². The van der Waals surface area contributed by atoms with E-state index in [4.69, 9.17) is 16.3 Å². The van der Waals surface area contributed by atoms with E-state index in [0.717, 1.165) is 38.5 Å². The Labute approximate surface area is 238 Å². The molecule has 3 N–H and O–H groups in total. The van der Waals surface area contributed by atoms with Crippen molar-refractivity contribution in [1.29, 1.82) is 0 Å². The van der Waals surface area contributed by atoms with E-state index in [9.17, 15) is 37.5 Å². The van der Waals surface area contributed by atoms with E-state index in [0.29, 0.717) is 35.7 Å². The molecular formula is C27H33ClF2N4O7. The summed E-state index contributed by atoms with van der Waals surface area (Å²) in [5, 5.41) is -0.203. The van der Waals surface area contributed by atoms with Gasteiger partial charge in [-0.1, -0.05) is 37.5 Å². The first kappa shape index (κ1) is 33.3. The molecule has 0 fully saturated rings. The lowest BCUT2D eigenvalue weighted by Crippen LogP contribution is -2.36. The Balaban J connectivity index is 0.000000237. The SMILES string of the molecule is O=C(Cl)CC1/C=C/CCCCC1.O=C(OC1/C=C/CCCCC1)n1cc(F)c(=O)[nH]c1=O.O=c1[nH]cc(F)c(=O)[nH]1. The quantitative estimate of drug-likeness (QED) is 0.354. The van der Waals surface area contributed by atoms with Crippen LogP contribution in [0.2, 0.25) is 0 Å². The lowest BCUT2D eigenvalue weighted by molar-refractivity contribution is -0.112. The number of hydrogen-bond donors (Lipinski definition) is 3. The van der Waals surface area contributed by atoms with Crippen molar-refractivity contribution >= 4 is 22.9 Å². The van der Waals surface area contributed by atoms with E-state index in [1.54, 1.807) is 16.0 Å². The minimum absolute atomic E-state index is 0.203. The number of rotatable bonds is 3. The highest BCUT2D eigenvalue weighted by atomic mass is 35.5. The Hall–Kier alpha value is -3.87. The van der Waals surface area contributed by atoms with Gasteiger partial charge in [-0.15, -0.1) is 0 Å². The molecular weight excluding hydrogens is 566 g/mol. The Morgan fingerprint density at radius 3 is 2.15 bits per heavy atom. The largest absolute Gasteiger partial charge is 0.441 e. The first-order valence-corrected chi connectivity index (χ1v) is 13.7. The van der Waals surface area contributed by atoms with Crippen molar-refractivity contribution in [3.63, 3.8) is 0 Å². The molecule has 0 saturated carbocycles. The first-order valence-electron chi connectivity index (χ1n) is 13.3. The van der Waals surface area contributed by atoms with Crippen LogP contribution in [0, 0.1) is 17.6 Å². The molecule has 0 bridgehead atoms. The van der Waals surface area contributed by atoms with Gasteiger partial charge in [0.2, 0.25) is 16.9 Å². The van der Waals surface area contributed by atoms with Crippen molar-refractivity contribution in [2.24, 2.45) is 5.92 Å². The van der Waals surface area contributed by atoms with Crippen LogP contribution in [0.3, 0.4) is 0 Å². The van der Waals surface area contributed by atoms with E-state index >= 15 is 0 Å². The van der Waals surface area contributed by atoms with Gasteiger partial charge in [0.15, 0.2) is 0 Å². The third-order valence-corrected chi connectivity index (χ3v) is 6.26. The smallest absolute Gasteiger partial charge is 0.422 e. The zero-order chi connectivity index (χ0) is 30.2. The number of carbonyl (C=O) groups excluding carboxylic acids is 2. The molecule has 2 unspecified atom stereocenters. The van der Waals surface area contributed by atoms with E-state index in [2.05, 4.69) is 12.2 Å². The van der Waals surface area contributed by atoms with Crippen LogP contribution in [0.25, 0.3) is 0 Å². The molecule has 2 aromatic heterocycles. The van der Waals surface area contributed by atoms with Gasteiger partial charge in [-0.25, -0.2) is 19.0 Å². The molecule has 224 valence electrons. The summed E-state index contributed by atoms with van der Waals surface area (Å²) in [6, 6.07) is 0. The van der Waals surface area contributed by atoms with Crippen LogP contribution < -0.4 is 22.5 Å². The molecule has 2 aromatic rings. The molecule has 0 radical (unpaired) electrons. The molecule has 0 aliphatic heterocycles. The third-order valence-electron chi connectivity index (χ3n) is 6.11. The van der Waals surface area contributed by atoms with Crippen LogP contribution in [-0.2, 0) is 9.53 Å². The van der Waals surface area contributed by atoms with Crippen molar-refractivity contribution in [2.45, 2.75) is 76.7 Å². The number of allylic oxidation sites excluding steroid dienone is 3. The predicted molar refractivity (Wildman–Crippen MR) is 148 cm³/mol. The summed E-state index contributed by atoms with van der Waals surface area (Å²) in [5.74, 6) is -1.81. The molecule has 0 amide bonds. The molecule has 2 heterocycles. The third kappa shape index (κ3) is 12.9. The number of aromatic nitrogens is 4. The second-order valence-corrected chi connectivity index (χ2v) is 9.82. The van der Waals surface area contributed by atoms with E-state index < -0.39 is 46.3 Å². The van der Waals surface area contributed by atoms with Gasteiger partial charge in [0, 0.05) is 12.6 Å². The van der Waals surface area contributed by atoms with E-state index in [1.165, 1.54) is 19.3 Å². The fourth-order valence-electron chi connectivity index (χ4n) is 4.00. The van der Waals surface area contributed by atoms with Crippen LogP contribution in [0.1, 0.15) is 70.6 Å². The summed E-state index contributed by atoms with van der Waals surface area (Å²) in [4.78, 5) is 70.5. The maximum atomic E-state index is 13.1. The molecule has 2 atom stereocenters. The fourth-order valence-corrected chi connectivity index (χ4v) is 4.19. The van der Waals surface area contributed by atoms with Gasteiger partial charge in [-0.3, -0.25) is 24.4 Å². The number of carbonyl (C=O) groups is 2. The topological polar surface area (TPSA) is 164 Å². The fraction of sp³-hybridized carbons (Fsp3) is 0.481. The summed E-state index contributed by atoms with van der Waals surface area (Å²) in [6.07, 6.45) is 19.1. The minimum atomic E-state index is -1.21. The number of H-pyrrole nitrogens is 3. The highest BCUT2D eigenvalue weighted by Crippen LogP contribution is 2.20. The van der Waals surface area contributed by atoms with Gasteiger partial charge < -0.3 is 9.72 Å². The molecule has 2 aliphatic rings. The standard InChI is InChI=1S/C13H15FN2O4.C10H15ClO.C4H3FN2O2/c14-10-8-16(12(18)15-11(10)17)13(19)20-9-6-4-2-1-3-5-7-9;11-10(12)8-9-6-4-2-1-3-5-7-9;5-2-1-6-4(9)7-3(2)8/h4,6,8-9H,1-3,5,7H2,(H,15,17,18);4,6,9H,1-3,5,7-8H2;1H,(H2,6,7,8,9)/b2*6-4+;. The number of hydrogen-bond acceptors (Lipinski definition) is 7. The maximum absolute atomic E-state index is 13.1. The Bertz CT molecular complexity index is 1440. The number of nitrogens with zero attached hydrogens (tertiary/aromatic N) is 1. The highest BCUT2D eigenvalue weighted by Gasteiger charge is 2.17. The molecule has 2 aliphatic carbocycles. The molecule has 0 spiro atoms.